The summed E-state index contributed by atoms with van der Waals surface area (Å²) >= 11 is 0. The summed E-state index contributed by atoms with van der Waals surface area (Å²) in [6.45, 7) is 8.98. The SMILES string of the molecule is CCN(C)S(=O)(=O)Nc1ccc2c(c1)nc(C(C)(C)C)n2CC1CCC(F)(F)CC1. The maximum Gasteiger partial charge on any atom is 0.301 e. The van der Waals surface area contributed by atoms with Gasteiger partial charge in [-0.1, -0.05) is 27.7 Å². The van der Waals surface area contributed by atoms with E-state index in [-0.39, 0.29) is 24.2 Å². The van der Waals surface area contributed by atoms with Crippen LogP contribution in [0.15, 0.2) is 18.2 Å². The first-order valence-electron chi connectivity index (χ1n) is 10.4. The summed E-state index contributed by atoms with van der Waals surface area (Å²) in [5.41, 5.74) is 1.80. The molecule has 1 aromatic heterocycles. The fourth-order valence-electron chi connectivity index (χ4n) is 3.89. The highest BCUT2D eigenvalue weighted by Gasteiger charge is 2.35. The molecule has 0 amide bonds. The standard InChI is InChI=1S/C21H32F2N4O2S/c1-6-26(5)30(28,29)25-16-7-8-18-17(13-16)24-19(20(2,3)4)27(18)14-15-9-11-21(22,23)12-10-15/h7-8,13,15,25H,6,9-12,14H2,1-5H3. The topological polar surface area (TPSA) is 67.2 Å². The van der Waals surface area contributed by atoms with E-state index in [1.54, 1.807) is 19.1 Å². The van der Waals surface area contributed by atoms with Crippen LogP contribution in [0.5, 0.6) is 0 Å². The number of fused-ring (bicyclic) bond motifs is 1. The minimum absolute atomic E-state index is 0.0635. The Balaban J connectivity index is 1.94. The number of benzene rings is 1. The van der Waals surface area contributed by atoms with Gasteiger partial charge in [-0.3, -0.25) is 4.72 Å². The van der Waals surface area contributed by atoms with Crippen molar-refractivity contribution in [2.75, 3.05) is 18.3 Å². The van der Waals surface area contributed by atoms with Crippen LogP contribution in [0.4, 0.5) is 14.5 Å². The zero-order valence-corrected chi connectivity index (χ0v) is 19.2. The zero-order chi connectivity index (χ0) is 22.3. The lowest BCUT2D eigenvalue weighted by molar-refractivity contribution is -0.0473. The van der Waals surface area contributed by atoms with Crippen LogP contribution in [0.25, 0.3) is 11.0 Å². The number of hydrogen-bond acceptors (Lipinski definition) is 3. The molecule has 1 fully saturated rings. The number of alkyl halides is 2. The maximum atomic E-state index is 13.6. The molecular weight excluding hydrogens is 410 g/mol. The van der Waals surface area contributed by atoms with Crippen LogP contribution >= 0.6 is 0 Å². The molecule has 0 atom stereocenters. The van der Waals surface area contributed by atoms with Gasteiger partial charge in [-0.25, -0.2) is 13.8 Å². The van der Waals surface area contributed by atoms with Gasteiger partial charge in [-0.05, 0) is 37.0 Å². The predicted molar refractivity (Wildman–Crippen MR) is 116 cm³/mol. The third-order valence-electron chi connectivity index (χ3n) is 5.80. The molecule has 0 unspecified atom stereocenters. The minimum Gasteiger partial charge on any atom is -0.327 e. The lowest BCUT2D eigenvalue weighted by atomic mass is 9.86. The monoisotopic (exact) mass is 442 g/mol. The molecule has 1 N–H and O–H groups in total. The molecule has 30 heavy (non-hydrogen) atoms. The Kier molecular flexibility index (Phi) is 6.17. The van der Waals surface area contributed by atoms with E-state index in [2.05, 4.69) is 30.1 Å². The van der Waals surface area contributed by atoms with Gasteiger partial charge in [-0.15, -0.1) is 0 Å². The van der Waals surface area contributed by atoms with Gasteiger partial charge in [0.2, 0.25) is 5.92 Å². The molecule has 0 bridgehead atoms. The number of nitrogens with one attached hydrogen (secondary N) is 1. The number of hydrogen-bond donors (Lipinski definition) is 1. The lowest BCUT2D eigenvalue weighted by Crippen LogP contribution is -2.32. The van der Waals surface area contributed by atoms with E-state index in [9.17, 15) is 17.2 Å². The molecule has 1 aliphatic carbocycles. The Bertz CT molecular complexity index is 1000. The van der Waals surface area contributed by atoms with Crippen LogP contribution in [0.2, 0.25) is 0 Å². The highest BCUT2D eigenvalue weighted by atomic mass is 32.2. The Morgan fingerprint density at radius 2 is 1.90 bits per heavy atom. The van der Waals surface area contributed by atoms with Crippen LogP contribution < -0.4 is 4.72 Å². The first kappa shape index (κ1) is 22.9. The molecule has 9 heteroatoms. The molecule has 3 rings (SSSR count). The maximum absolute atomic E-state index is 13.6. The summed E-state index contributed by atoms with van der Waals surface area (Å²) in [6.07, 6.45) is 0.868. The van der Waals surface area contributed by atoms with E-state index >= 15 is 0 Å². The molecule has 0 spiro atoms. The molecule has 1 aliphatic rings. The third kappa shape index (κ3) is 4.94. The van der Waals surface area contributed by atoms with Crippen LogP contribution in [0.3, 0.4) is 0 Å². The lowest BCUT2D eigenvalue weighted by Gasteiger charge is -2.30. The smallest absolute Gasteiger partial charge is 0.301 e. The molecule has 6 nitrogen and oxygen atoms in total. The van der Waals surface area contributed by atoms with Gasteiger partial charge in [0, 0.05) is 38.4 Å². The van der Waals surface area contributed by atoms with Crippen molar-refractivity contribution in [1.29, 1.82) is 0 Å². The van der Waals surface area contributed by atoms with Crippen molar-refractivity contribution in [1.82, 2.24) is 13.9 Å². The fourth-order valence-corrected chi connectivity index (χ4v) is 4.81. The highest BCUT2D eigenvalue weighted by Crippen LogP contribution is 2.38. The average Bonchev–Trinajstić information content (AvgIpc) is 3.00. The van der Waals surface area contributed by atoms with E-state index < -0.39 is 16.1 Å². The van der Waals surface area contributed by atoms with Gasteiger partial charge in [0.15, 0.2) is 0 Å². The summed E-state index contributed by atoms with van der Waals surface area (Å²) < 4.78 is 57.7. The van der Waals surface area contributed by atoms with Crippen molar-refractivity contribution in [3.63, 3.8) is 0 Å². The van der Waals surface area contributed by atoms with Crippen molar-refractivity contribution < 1.29 is 17.2 Å². The van der Waals surface area contributed by atoms with Gasteiger partial charge < -0.3 is 4.57 Å². The zero-order valence-electron chi connectivity index (χ0n) is 18.4. The van der Waals surface area contributed by atoms with Crippen molar-refractivity contribution >= 4 is 26.9 Å². The molecule has 0 aliphatic heterocycles. The molecule has 0 saturated heterocycles. The second-order valence-corrected chi connectivity index (χ2v) is 11.1. The van der Waals surface area contributed by atoms with Crippen molar-refractivity contribution in [3.8, 4) is 0 Å². The third-order valence-corrected chi connectivity index (χ3v) is 7.37. The molecule has 1 aromatic carbocycles. The summed E-state index contributed by atoms with van der Waals surface area (Å²) in [5.74, 6) is -1.49. The van der Waals surface area contributed by atoms with Crippen LogP contribution in [0, 0.1) is 5.92 Å². The summed E-state index contributed by atoms with van der Waals surface area (Å²) in [6, 6.07) is 5.32. The summed E-state index contributed by atoms with van der Waals surface area (Å²) in [7, 11) is -2.10. The molecule has 0 radical (unpaired) electrons. The second kappa shape index (κ2) is 8.07. The number of halogens is 2. The largest absolute Gasteiger partial charge is 0.327 e. The molecule has 2 aromatic rings. The van der Waals surface area contributed by atoms with Gasteiger partial charge in [0.1, 0.15) is 5.82 Å². The van der Waals surface area contributed by atoms with Gasteiger partial charge in [-0.2, -0.15) is 12.7 Å². The van der Waals surface area contributed by atoms with Crippen LogP contribution in [-0.2, 0) is 22.2 Å². The van der Waals surface area contributed by atoms with E-state index in [0.29, 0.717) is 37.1 Å². The Morgan fingerprint density at radius 3 is 2.47 bits per heavy atom. The van der Waals surface area contributed by atoms with E-state index in [1.807, 2.05) is 6.07 Å². The van der Waals surface area contributed by atoms with Crippen molar-refractivity contribution in [3.05, 3.63) is 24.0 Å². The summed E-state index contributed by atoms with van der Waals surface area (Å²) in [4.78, 5) is 4.80. The van der Waals surface area contributed by atoms with E-state index in [4.69, 9.17) is 4.98 Å². The van der Waals surface area contributed by atoms with Crippen LogP contribution in [-0.4, -0.2) is 41.8 Å². The quantitative estimate of drug-likeness (QED) is 0.701. The fraction of sp³-hybridized carbons (Fsp3) is 0.667. The Labute approximate surface area is 177 Å². The number of rotatable bonds is 6. The van der Waals surface area contributed by atoms with Gasteiger partial charge in [0.05, 0.1) is 16.7 Å². The number of anilines is 1. The number of imidazole rings is 1. The van der Waals surface area contributed by atoms with Crippen LogP contribution in [0.1, 0.15) is 59.2 Å². The van der Waals surface area contributed by atoms with E-state index in [1.165, 1.54) is 11.4 Å². The number of aromatic nitrogens is 2. The Morgan fingerprint density at radius 1 is 1.27 bits per heavy atom. The van der Waals surface area contributed by atoms with Crippen molar-refractivity contribution in [2.24, 2.45) is 5.92 Å². The van der Waals surface area contributed by atoms with E-state index in [0.717, 1.165) is 11.3 Å². The first-order valence-corrected chi connectivity index (χ1v) is 11.9. The summed E-state index contributed by atoms with van der Waals surface area (Å²) in [5, 5.41) is 0. The predicted octanol–water partition coefficient (Wildman–Crippen LogP) is 4.77. The van der Waals surface area contributed by atoms with Crippen molar-refractivity contribution in [2.45, 2.75) is 71.3 Å². The van der Waals surface area contributed by atoms with Gasteiger partial charge >= 0.3 is 10.2 Å². The molecule has 1 heterocycles. The first-order chi connectivity index (χ1) is 13.8. The molecule has 168 valence electrons. The molecular formula is C21H32F2N4O2S. The minimum atomic E-state index is -3.62. The average molecular weight is 443 g/mol. The number of nitrogens with zero attached hydrogens (tertiary/aromatic N) is 3. The molecule has 1 saturated carbocycles. The normalized spacial score (nSPS) is 18.3. The second-order valence-electron chi connectivity index (χ2n) is 9.32. The highest BCUT2D eigenvalue weighted by molar-refractivity contribution is 7.90. The Hall–Kier alpha value is -1.74. The van der Waals surface area contributed by atoms with Gasteiger partial charge in [0.25, 0.3) is 0 Å².